The lowest BCUT2D eigenvalue weighted by molar-refractivity contribution is 0.994. The summed E-state index contributed by atoms with van der Waals surface area (Å²) in [6.07, 6.45) is 3.08. The van der Waals surface area contributed by atoms with E-state index < -0.39 is 0 Å². The van der Waals surface area contributed by atoms with Crippen LogP contribution in [0.25, 0.3) is 0 Å². The van der Waals surface area contributed by atoms with Crippen molar-refractivity contribution in [2.45, 2.75) is 0 Å². The van der Waals surface area contributed by atoms with Gasteiger partial charge in [-0.05, 0) is 35.4 Å². The SMILES string of the molecule is Cl.N#Cc1cccc(C=NNC(N)=NN=Cc2ccc(Cl)cc2)c1. The first-order valence-corrected chi connectivity index (χ1v) is 6.96. The molecule has 24 heavy (non-hydrogen) atoms. The van der Waals surface area contributed by atoms with Gasteiger partial charge < -0.3 is 5.73 Å². The van der Waals surface area contributed by atoms with E-state index in [2.05, 4.69) is 26.8 Å². The van der Waals surface area contributed by atoms with Crippen LogP contribution in [0.4, 0.5) is 0 Å². The molecule has 8 heteroatoms. The van der Waals surface area contributed by atoms with Crippen molar-refractivity contribution in [3.8, 4) is 6.07 Å². The van der Waals surface area contributed by atoms with Crippen LogP contribution in [-0.2, 0) is 0 Å². The number of rotatable bonds is 4. The lowest BCUT2D eigenvalue weighted by atomic mass is 10.1. The molecule has 122 valence electrons. The van der Waals surface area contributed by atoms with Gasteiger partial charge in [-0.3, -0.25) is 0 Å². The summed E-state index contributed by atoms with van der Waals surface area (Å²) in [5.41, 5.74) is 10.3. The Labute approximate surface area is 150 Å². The minimum absolute atomic E-state index is 0. The maximum atomic E-state index is 8.81. The first kappa shape index (κ1) is 19.2. The van der Waals surface area contributed by atoms with E-state index in [9.17, 15) is 0 Å². The van der Waals surface area contributed by atoms with Crippen LogP contribution in [0.15, 0.2) is 63.8 Å². The molecule has 0 aliphatic rings. The number of hydrogen-bond acceptors (Lipinski definition) is 4. The van der Waals surface area contributed by atoms with Gasteiger partial charge in [-0.2, -0.15) is 15.5 Å². The fraction of sp³-hybridized carbons (Fsp3) is 0. The van der Waals surface area contributed by atoms with E-state index in [1.807, 2.05) is 18.2 Å². The number of halogens is 2. The molecule has 2 rings (SSSR count). The molecule has 0 spiro atoms. The molecule has 0 unspecified atom stereocenters. The van der Waals surface area contributed by atoms with Gasteiger partial charge in [0, 0.05) is 5.02 Å². The summed E-state index contributed by atoms with van der Waals surface area (Å²) in [5, 5.41) is 21.0. The van der Waals surface area contributed by atoms with Crippen molar-refractivity contribution in [2.75, 3.05) is 0 Å². The number of nitrogens with two attached hydrogens (primary N) is 1. The number of nitrogens with one attached hydrogen (secondary N) is 1. The number of hydrogen-bond donors (Lipinski definition) is 2. The van der Waals surface area contributed by atoms with Crippen molar-refractivity contribution in [3.63, 3.8) is 0 Å². The van der Waals surface area contributed by atoms with E-state index in [1.54, 1.807) is 36.5 Å². The Kier molecular flexibility index (Phi) is 7.99. The Balaban J connectivity index is 0.00000288. The average Bonchev–Trinajstić information content (AvgIpc) is 2.57. The standard InChI is InChI=1S/C16H13ClN6.ClH/c17-15-6-4-12(5-7-15)10-20-22-16(19)23-21-11-14-3-1-2-13(8-14)9-18;/h1-8,10-11H,(H3,19,22,23);1H. The molecular formula is C16H14Cl2N6. The van der Waals surface area contributed by atoms with Gasteiger partial charge in [0.25, 0.3) is 0 Å². The summed E-state index contributed by atoms with van der Waals surface area (Å²) < 4.78 is 0. The van der Waals surface area contributed by atoms with Crippen LogP contribution in [0.1, 0.15) is 16.7 Å². The van der Waals surface area contributed by atoms with E-state index >= 15 is 0 Å². The number of nitrogens with zero attached hydrogens (tertiary/aromatic N) is 4. The summed E-state index contributed by atoms with van der Waals surface area (Å²) in [6, 6.07) is 16.2. The molecule has 3 N–H and O–H groups in total. The molecule has 0 amide bonds. The predicted molar refractivity (Wildman–Crippen MR) is 99.8 cm³/mol. The van der Waals surface area contributed by atoms with Gasteiger partial charge in [0.15, 0.2) is 0 Å². The minimum Gasteiger partial charge on any atom is -0.367 e. The first-order chi connectivity index (χ1) is 11.2. The van der Waals surface area contributed by atoms with Gasteiger partial charge >= 0.3 is 0 Å². The van der Waals surface area contributed by atoms with E-state index in [4.69, 9.17) is 22.6 Å². The molecule has 2 aromatic carbocycles. The van der Waals surface area contributed by atoms with Crippen LogP contribution >= 0.6 is 24.0 Å². The van der Waals surface area contributed by atoms with E-state index in [1.165, 1.54) is 6.21 Å². The maximum Gasteiger partial charge on any atom is 0.234 e. The third kappa shape index (κ3) is 6.48. The Morgan fingerprint density at radius 3 is 2.58 bits per heavy atom. The molecule has 0 aliphatic heterocycles. The largest absolute Gasteiger partial charge is 0.367 e. The van der Waals surface area contributed by atoms with E-state index in [0.717, 1.165) is 11.1 Å². The van der Waals surface area contributed by atoms with E-state index in [0.29, 0.717) is 10.6 Å². The number of nitriles is 1. The smallest absolute Gasteiger partial charge is 0.234 e. The van der Waals surface area contributed by atoms with Crippen molar-refractivity contribution in [3.05, 3.63) is 70.2 Å². The third-order valence-corrected chi connectivity index (χ3v) is 2.90. The lowest BCUT2D eigenvalue weighted by Gasteiger charge is -1.97. The number of guanidine groups is 1. The monoisotopic (exact) mass is 360 g/mol. The van der Waals surface area contributed by atoms with Crippen LogP contribution in [0.2, 0.25) is 5.02 Å². The Morgan fingerprint density at radius 1 is 1.12 bits per heavy atom. The van der Waals surface area contributed by atoms with Crippen molar-refractivity contribution >= 4 is 42.4 Å². The zero-order valence-electron chi connectivity index (χ0n) is 12.4. The van der Waals surface area contributed by atoms with Crippen LogP contribution in [0.3, 0.4) is 0 Å². The highest BCUT2D eigenvalue weighted by atomic mass is 35.5. The molecule has 0 saturated carbocycles. The average molecular weight is 361 g/mol. The Bertz CT molecular complexity index is 791. The first-order valence-electron chi connectivity index (χ1n) is 6.58. The second-order valence-electron chi connectivity index (χ2n) is 4.39. The Morgan fingerprint density at radius 2 is 1.88 bits per heavy atom. The van der Waals surface area contributed by atoms with Gasteiger partial charge in [-0.15, -0.1) is 17.5 Å². The molecule has 2 aromatic rings. The van der Waals surface area contributed by atoms with Gasteiger partial charge in [-0.1, -0.05) is 35.9 Å². The van der Waals surface area contributed by atoms with Crippen LogP contribution in [0, 0.1) is 11.3 Å². The van der Waals surface area contributed by atoms with Gasteiger partial charge in [0.1, 0.15) is 0 Å². The molecule has 0 aromatic heterocycles. The normalized spacial score (nSPS) is 11.2. The zero-order chi connectivity index (χ0) is 16.5. The molecule has 0 saturated heterocycles. The van der Waals surface area contributed by atoms with Crippen LogP contribution in [-0.4, -0.2) is 18.4 Å². The predicted octanol–water partition coefficient (Wildman–Crippen LogP) is 2.91. The van der Waals surface area contributed by atoms with Gasteiger partial charge in [0.05, 0.1) is 24.1 Å². The topological polar surface area (TPSA) is 98.9 Å². The zero-order valence-corrected chi connectivity index (χ0v) is 14.0. The molecular weight excluding hydrogens is 347 g/mol. The summed E-state index contributed by atoms with van der Waals surface area (Å²) >= 11 is 5.79. The molecule has 0 fully saturated rings. The fourth-order valence-corrected chi connectivity index (χ4v) is 1.72. The molecule has 6 nitrogen and oxygen atoms in total. The second-order valence-corrected chi connectivity index (χ2v) is 4.83. The van der Waals surface area contributed by atoms with Crippen molar-refractivity contribution in [1.29, 1.82) is 5.26 Å². The summed E-state index contributed by atoms with van der Waals surface area (Å²) in [6.45, 7) is 0. The minimum atomic E-state index is 0. The summed E-state index contributed by atoms with van der Waals surface area (Å²) in [5.74, 6) is 0.0444. The summed E-state index contributed by atoms with van der Waals surface area (Å²) in [7, 11) is 0. The lowest BCUT2D eigenvalue weighted by Crippen LogP contribution is -2.26. The molecule has 0 atom stereocenters. The fourth-order valence-electron chi connectivity index (χ4n) is 1.59. The maximum absolute atomic E-state index is 8.81. The highest BCUT2D eigenvalue weighted by Crippen LogP contribution is 2.07. The Hall–Kier alpha value is -2.88. The third-order valence-electron chi connectivity index (χ3n) is 2.65. The van der Waals surface area contributed by atoms with E-state index in [-0.39, 0.29) is 18.4 Å². The van der Waals surface area contributed by atoms with Crippen LogP contribution in [0.5, 0.6) is 0 Å². The molecule has 0 aliphatic carbocycles. The molecule has 0 heterocycles. The van der Waals surface area contributed by atoms with Crippen molar-refractivity contribution in [1.82, 2.24) is 5.43 Å². The highest BCUT2D eigenvalue weighted by Gasteiger charge is 1.92. The van der Waals surface area contributed by atoms with Crippen LogP contribution < -0.4 is 11.2 Å². The highest BCUT2D eigenvalue weighted by molar-refractivity contribution is 6.30. The molecule has 0 bridgehead atoms. The number of hydrazone groups is 1. The van der Waals surface area contributed by atoms with Crippen molar-refractivity contribution < 1.29 is 0 Å². The molecule has 0 radical (unpaired) electrons. The quantitative estimate of drug-likeness (QED) is 0.498. The van der Waals surface area contributed by atoms with Gasteiger partial charge in [0.2, 0.25) is 5.96 Å². The van der Waals surface area contributed by atoms with Crippen molar-refractivity contribution in [2.24, 2.45) is 21.0 Å². The second kappa shape index (κ2) is 10.0. The summed E-state index contributed by atoms with van der Waals surface area (Å²) in [4.78, 5) is 0. The number of benzene rings is 2. The van der Waals surface area contributed by atoms with Gasteiger partial charge in [-0.25, -0.2) is 5.43 Å².